The summed E-state index contributed by atoms with van der Waals surface area (Å²) in [5.41, 5.74) is 16.9. The molecule has 0 spiro atoms. The fraction of sp³-hybridized carbons (Fsp3) is 0.333. The summed E-state index contributed by atoms with van der Waals surface area (Å²) in [6.07, 6.45) is 3.76. The summed E-state index contributed by atoms with van der Waals surface area (Å²) in [6.45, 7) is 11.6. The lowest BCUT2D eigenvalue weighted by atomic mass is 9.97. The van der Waals surface area contributed by atoms with Gasteiger partial charge < -0.3 is 50.8 Å². The van der Waals surface area contributed by atoms with E-state index in [1.165, 1.54) is 12.4 Å². The zero-order valence-corrected chi connectivity index (χ0v) is 38.7. The number of nitrogens with two attached hydrogens (primary N) is 2. The van der Waals surface area contributed by atoms with Crippen molar-refractivity contribution in [1.82, 2.24) is 29.7 Å². The number of carbonyl (C=O) groups is 4. The quantitative estimate of drug-likeness (QED) is 0.0878. The number of hydrogen-bond acceptors (Lipinski definition) is 16. The van der Waals surface area contributed by atoms with Gasteiger partial charge in [-0.1, -0.05) is 0 Å². The largest absolute Gasteiger partial charge is 0.474 e. The van der Waals surface area contributed by atoms with E-state index in [1.54, 1.807) is 46.5 Å². The number of halogens is 2. The predicted octanol–water partition coefficient (Wildman–Crippen LogP) is 6.60. The van der Waals surface area contributed by atoms with E-state index in [4.69, 9.17) is 30.4 Å². The number of nitrogens with one attached hydrogen (secondary N) is 4. The first kappa shape index (κ1) is 46.8. The van der Waals surface area contributed by atoms with Crippen LogP contribution in [0.3, 0.4) is 0 Å². The Bertz CT molecular complexity index is 2900. The first-order valence-corrected chi connectivity index (χ1v) is 22.7. The van der Waals surface area contributed by atoms with E-state index < -0.39 is 36.0 Å². The molecule has 0 bridgehead atoms. The number of ether oxygens (including phenoxy) is 4. The van der Waals surface area contributed by atoms with Crippen LogP contribution < -0.4 is 42.2 Å². The highest BCUT2D eigenvalue weighted by Crippen LogP contribution is 2.41. The van der Waals surface area contributed by atoms with Gasteiger partial charge in [0, 0.05) is 84.0 Å². The van der Waals surface area contributed by atoms with E-state index in [-0.39, 0.29) is 58.8 Å². The highest BCUT2D eigenvalue weighted by atomic mass is 19.1. The van der Waals surface area contributed by atoms with Crippen molar-refractivity contribution >= 4 is 79.9 Å². The van der Waals surface area contributed by atoms with Crippen molar-refractivity contribution in [1.29, 1.82) is 0 Å². The topological polar surface area (TPSA) is 263 Å². The molecule has 2 saturated heterocycles. The Balaban J connectivity index is 0.000000174. The van der Waals surface area contributed by atoms with E-state index in [9.17, 15) is 19.2 Å². The molecular formula is C48H50F2N12O8. The maximum absolute atomic E-state index is 15.3. The normalized spacial score (nSPS) is 17.1. The van der Waals surface area contributed by atoms with Gasteiger partial charge in [0.1, 0.15) is 48.4 Å². The number of anilines is 6. The van der Waals surface area contributed by atoms with Gasteiger partial charge in [-0.3, -0.25) is 20.2 Å². The Labute approximate surface area is 399 Å². The molecule has 4 aliphatic rings. The maximum atomic E-state index is 15.3. The van der Waals surface area contributed by atoms with Crippen molar-refractivity contribution in [3.05, 3.63) is 71.8 Å². The average molecular weight is 961 g/mol. The van der Waals surface area contributed by atoms with Crippen LogP contribution in [0.4, 0.5) is 52.8 Å². The minimum absolute atomic E-state index is 0.0483. The van der Waals surface area contributed by atoms with Crippen LogP contribution in [0, 0.1) is 25.5 Å². The number of hydrogen-bond donors (Lipinski definition) is 6. The van der Waals surface area contributed by atoms with Crippen LogP contribution in [0.15, 0.2) is 49.1 Å². The third-order valence-electron chi connectivity index (χ3n) is 12.6. The molecule has 70 heavy (non-hydrogen) atoms. The second-order valence-corrected chi connectivity index (χ2v) is 17.0. The number of benzene rings is 2. The van der Waals surface area contributed by atoms with Crippen molar-refractivity contribution in [3.63, 3.8) is 0 Å². The average Bonchev–Trinajstić information content (AvgIpc) is 3.90. The highest BCUT2D eigenvalue weighted by Gasteiger charge is 2.33. The van der Waals surface area contributed by atoms with Crippen LogP contribution in [-0.2, 0) is 19.1 Å². The molecule has 0 unspecified atom stereocenters. The summed E-state index contributed by atoms with van der Waals surface area (Å²) < 4.78 is 52.5. The number of likely N-dealkylation sites (tertiary alicyclic amines) is 2. The van der Waals surface area contributed by atoms with Crippen LogP contribution in [0.2, 0.25) is 0 Å². The smallest absolute Gasteiger partial charge is 0.413 e. The molecule has 20 nitrogen and oxygen atoms in total. The summed E-state index contributed by atoms with van der Waals surface area (Å²) in [4.78, 5) is 68.7. The number of amides is 4. The van der Waals surface area contributed by atoms with Gasteiger partial charge >= 0.3 is 12.2 Å². The fourth-order valence-corrected chi connectivity index (χ4v) is 8.92. The van der Waals surface area contributed by atoms with Crippen molar-refractivity contribution in [3.8, 4) is 34.0 Å². The second-order valence-electron chi connectivity index (χ2n) is 17.0. The Hall–Kier alpha value is -8.30. The van der Waals surface area contributed by atoms with Crippen LogP contribution in [0.1, 0.15) is 37.8 Å². The number of nitrogens with zero attached hydrogens (tertiary/aromatic N) is 6. The van der Waals surface area contributed by atoms with Gasteiger partial charge in [0.2, 0.25) is 23.6 Å². The van der Waals surface area contributed by atoms with Crippen LogP contribution in [0.25, 0.3) is 43.8 Å². The summed E-state index contributed by atoms with van der Waals surface area (Å²) in [5.74, 6) is 0.136. The lowest BCUT2D eigenvalue weighted by Gasteiger charge is -2.22. The summed E-state index contributed by atoms with van der Waals surface area (Å²) in [6, 6.07) is 6.48. The second kappa shape index (κ2) is 19.4. The Morgan fingerprint density at radius 2 is 1.09 bits per heavy atom. The molecule has 4 aromatic heterocycles. The molecule has 364 valence electrons. The molecule has 6 aromatic rings. The Morgan fingerprint density at radius 1 is 0.671 bits per heavy atom. The number of aromatic nitrogens is 4. The molecule has 4 aliphatic heterocycles. The molecule has 2 aromatic carbocycles. The molecule has 10 rings (SSSR count). The molecule has 2 atom stereocenters. The standard InChI is InChI=1S/2C24H25FN6O4/c2*1-3-31-11-14(8-19(31)32)35-24(33)30-18-7-13-6-15(20(25)21(26)17(13)10-28-18)16-9-29-23-22(12(16)2)27-4-5-34-23/h2*6-7,9-10,14,27H,3-5,8,11,26H2,1-2H3,(H,28,30,33)/t2*14-/m10/s1. The van der Waals surface area contributed by atoms with E-state index in [0.29, 0.717) is 96.9 Å². The monoisotopic (exact) mass is 960 g/mol. The molecule has 4 amide bonds. The lowest BCUT2D eigenvalue weighted by molar-refractivity contribution is -0.128. The van der Waals surface area contributed by atoms with Gasteiger partial charge in [0.25, 0.3) is 0 Å². The molecule has 0 saturated carbocycles. The van der Waals surface area contributed by atoms with Gasteiger partial charge in [-0.25, -0.2) is 38.3 Å². The number of carbonyl (C=O) groups excluding carboxylic acids is 4. The minimum atomic E-state index is -0.719. The molecular weight excluding hydrogens is 911 g/mol. The zero-order chi connectivity index (χ0) is 49.4. The van der Waals surface area contributed by atoms with Crippen molar-refractivity contribution in [2.45, 2.75) is 52.7 Å². The van der Waals surface area contributed by atoms with Gasteiger partial charge in [-0.15, -0.1) is 0 Å². The predicted molar refractivity (Wildman–Crippen MR) is 258 cm³/mol. The molecule has 8 N–H and O–H groups in total. The van der Waals surface area contributed by atoms with Gasteiger partial charge in [0.15, 0.2) is 11.6 Å². The van der Waals surface area contributed by atoms with E-state index >= 15 is 8.78 Å². The summed E-state index contributed by atoms with van der Waals surface area (Å²) >= 11 is 0. The minimum Gasteiger partial charge on any atom is -0.474 e. The summed E-state index contributed by atoms with van der Waals surface area (Å²) in [7, 11) is 0. The molecule has 8 heterocycles. The van der Waals surface area contributed by atoms with Crippen LogP contribution >= 0.6 is 0 Å². The van der Waals surface area contributed by atoms with Gasteiger partial charge in [-0.2, -0.15) is 0 Å². The molecule has 2 fully saturated rings. The summed E-state index contributed by atoms with van der Waals surface area (Å²) in [5, 5.41) is 13.6. The first-order valence-electron chi connectivity index (χ1n) is 22.7. The number of rotatable bonds is 8. The zero-order valence-electron chi connectivity index (χ0n) is 38.7. The first-order chi connectivity index (χ1) is 33.7. The van der Waals surface area contributed by atoms with Crippen LogP contribution in [0.5, 0.6) is 11.8 Å². The fourth-order valence-electron chi connectivity index (χ4n) is 8.92. The van der Waals surface area contributed by atoms with Gasteiger partial charge in [0.05, 0.1) is 37.3 Å². The molecule has 0 aliphatic carbocycles. The van der Waals surface area contributed by atoms with Crippen LogP contribution in [-0.4, -0.2) is 118 Å². The number of fused-ring (bicyclic) bond motifs is 4. The number of likely N-dealkylation sites (N-methyl/N-ethyl adjacent to an activating group) is 2. The molecule has 0 radical (unpaired) electrons. The third kappa shape index (κ3) is 9.18. The van der Waals surface area contributed by atoms with E-state index in [0.717, 1.165) is 22.5 Å². The maximum Gasteiger partial charge on any atom is 0.413 e. The van der Waals surface area contributed by atoms with Gasteiger partial charge in [-0.05, 0) is 73.9 Å². The third-order valence-corrected chi connectivity index (χ3v) is 12.6. The van der Waals surface area contributed by atoms with Crippen molar-refractivity contribution in [2.24, 2.45) is 0 Å². The Kier molecular flexibility index (Phi) is 12.9. The van der Waals surface area contributed by atoms with Crippen molar-refractivity contribution < 1.29 is 46.9 Å². The Morgan fingerprint density at radius 3 is 1.47 bits per heavy atom. The van der Waals surface area contributed by atoms with Crippen molar-refractivity contribution in [2.75, 3.05) is 85.2 Å². The SMILES string of the molecule is CCN1C[C@@H](OC(=O)Nc2cc3cc(-c4cnc5c(c4C)NCCO5)c(F)c(N)c3cn2)CC1=O.CCN1C[C@H](OC(=O)Nc2cc3cc(-c4cnc5c(c4C)NCCO5)c(F)c(N)c3cn2)CC1=O. The lowest BCUT2D eigenvalue weighted by Crippen LogP contribution is -2.28. The number of pyridine rings is 4. The highest BCUT2D eigenvalue weighted by molar-refractivity contribution is 6.01. The van der Waals surface area contributed by atoms with E-state index in [1.807, 2.05) is 27.7 Å². The van der Waals surface area contributed by atoms with E-state index in [2.05, 4.69) is 41.2 Å². The number of nitrogen functional groups attached to an aromatic ring is 2. The molecule has 22 heteroatoms.